The Hall–Kier alpha value is -2.90. The van der Waals surface area contributed by atoms with E-state index in [1.54, 1.807) is 26.0 Å². The van der Waals surface area contributed by atoms with Gasteiger partial charge in [-0.05, 0) is 43.9 Å². The predicted molar refractivity (Wildman–Crippen MR) is 90.3 cm³/mol. The molecule has 1 atom stereocenters. The zero-order chi connectivity index (χ0) is 18.1. The highest BCUT2D eigenvalue weighted by Gasteiger charge is 2.26. The number of nitrogens with one attached hydrogen (secondary N) is 1. The number of carbonyl (C=O) groups excluding carboxylic acids is 1. The second kappa shape index (κ2) is 6.54. The number of phenols is 1. The number of nitrogens with zero attached hydrogens (tertiary/aromatic N) is 3. The smallest absolute Gasteiger partial charge is 0.312 e. The predicted octanol–water partition coefficient (Wildman–Crippen LogP) is 2.31. The van der Waals surface area contributed by atoms with Crippen LogP contribution in [0.25, 0.3) is 0 Å². The lowest BCUT2D eigenvalue weighted by Gasteiger charge is -2.14. The van der Waals surface area contributed by atoms with Gasteiger partial charge in [-0.15, -0.1) is 0 Å². The third-order valence-electron chi connectivity index (χ3n) is 4.66. The van der Waals surface area contributed by atoms with Gasteiger partial charge in [0.15, 0.2) is 0 Å². The highest BCUT2D eigenvalue weighted by molar-refractivity contribution is 5.76. The number of benzene rings is 1. The fourth-order valence-electron chi connectivity index (χ4n) is 3.43. The van der Waals surface area contributed by atoms with Crippen molar-refractivity contribution in [2.24, 2.45) is 0 Å². The van der Waals surface area contributed by atoms with Gasteiger partial charge in [0.25, 0.3) is 0 Å². The van der Waals surface area contributed by atoms with Crippen LogP contribution in [0.1, 0.15) is 41.4 Å². The average Bonchev–Trinajstić information content (AvgIpc) is 3.07. The summed E-state index contributed by atoms with van der Waals surface area (Å²) in [5.41, 5.74) is 2.65. The van der Waals surface area contributed by atoms with E-state index in [9.17, 15) is 20.0 Å². The molecular formula is C17H20N4O4. The summed E-state index contributed by atoms with van der Waals surface area (Å²) in [6.45, 7) is 3.50. The van der Waals surface area contributed by atoms with Crippen LogP contribution in [-0.2, 0) is 17.8 Å². The lowest BCUT2D eigenvalue weighted by Crippen LogP contribution is -2.28. The Bertz CT molecular complexity index is 843. The summed E-state index contributed by atoms with van der Waals surface area (Å²) in [6, 6.07) is 5.23. The number of amides is 1. The van der Waals surface area contributed by atoms with E-state index >= 15 is 0 Å². The molecule has 0 spiro atoms. The van der Waals surface area contributed by atoms with E-state index in [4.69, 9.17) is 0 Å². The van der Waals surface area contributed by atoms with Crippen molar-refractivity contribution < 1.29 is 14.8 Å². The molecule has 1 aliphatic carbocycles. The highest BCUT2D eigenvalue weighted by atomic mass is 16.6. The molecule has 8 nitrogen and oxygen atoms in total. The Balaban J connectivity index is 1.63. The fourth-order valence-corrected chi connectivity index (χ4v) is 3.43. The van der Waals surface area contributed by atoms with E-state index in [1.165, 1.54) is 4.68 Å². The van der Waals surface area contributed by atoms with Gasteiger partial charge in [0, 0.05) is 6.42 Å². The van der Waals surface area contributed by atoms with Gasteiger partial charge >= 0.3 is 5.69 Å². The largest absolute Gasteiger partial charge is 0.508 e. The number of hydrogen-bond acceptors (Lipinski definition) is 5. The maximum Gasteiger partial charge on any atom is 0.312 e. The number of nitro groups is 1. The molecule has 1 aromatic heterocycles. The van der Waals surface area contributed by atoms with Crippen molar-refractivity contribution in [3.8, 4) is 5.75 Å². The minimum absolute atomic E-state index is 0.000559. The first-order valence-corrected chi connectivity index (χ1v) is 8.17. The lowest BCUT2D eigenvalue weighted by atomic mass is 10.1. The van der Waals surface area contributed by atoms with E-state index in [1.807, 2.05) is 6.07 Å². The van der Waals surface area contributed by atoms with Crippen LogP contribution >= 0.6 is 0 Å². The molecule has 132 valence electrons. The summed E-state index contributed by atoms with van der Waals surface area (Å²) >= 11 is 0. The molecule has 3 rings (SSSR count). The number of aryl methyl sites for hydroxylation is 2. The van der Waals surface area contributed by atoms with E-state index in [2.05, 4.69) is 10.4 Å². The third kappa shape index (κ3) is 3.19. The molecule has 0 saturated carbocycles. The summed E-state index contributed by atoms with van der Waals surface area (Å²) in [6.07, 6.45) is 1.67. The molecule has 2 N–H and O–H groups in total. The van der Waals surface area contributed by atoms with E-state index in [-0.39, 0.29) is 36.4 Å². The first kappa shape index (κ1) is 16.9. The Labute approximate surface area is 144 Å². The van der Waals surface area contributed by atoms with Crippen LogP contribution in [0.5, 0.6) is 5.75 Å². The summed E-state index contributed by atoms with van der Waals surface area (Å²) in [7, 11) is 0. The van der Waals surface area contributed by atoms with Gasteiger partial charge in [-0.1, -0.05) is 12.1 Å². The van der Waals surface area contributed by atoms with Gasteiger partial charge in [-0.25, -0.2) is 0 Å². The van der Waals surface area contributed by atoms with Gasteiger partial charge in [-0.2, -0.15) is 5.10 Å². The summed E-state index contributed by atoms with van der Waals surface area (Å²) in [5.74, 6) is 0.126. The topological polar surface area (TPSA) is 110 Å². The van der Waals surface area contributed by atoms with E-state index in [0.29, 0.717) is 11.4 Å². The van der Waals surface area contributed by atoms with Crippen LogP contribution in [0, 0.1) is 24.0 Å². The summed E-state index contributed by atoms with van der Waals surface area (Å²) in [5, 5.41) is 28.0. The first-order chi connectivity index (χ1) is 11.9. The second-order valence-corrected chi connectivity index (χ2v) is 6.25. The van der Waals surface area contributed by atoms with Crippen molar-refractivity contribution in [1.82, 2.24) is 15.1 Å². The molecular weight excluding hydrogens is 324 g/mol. The Kier molecular flexibility index (Phi) is 4.43. The van der Waals surface area contributed by atoms with Crippen molar-refractivity contribution in [3.05, 3.63) is 50.8 Å². The second-order valence-electron chi connectivity index (χ2n) is 6.25. The minimum atomic E-state index is -0.448. The minimum Gasteiger partial charge on any atom is -0.508 e. The number of aromatic nitrogens is 2. The van der Waals surface area contributed by atoms with Crippen LogP contribution in [0.2, 0.25) is 0 Å². The molecule has 1 aromatic carbocycles. The van der Waals surface area contributed by atoms with Crippen LogP contribution in [0.3, 0.4) is 0 Å². The normalized spacial score (nSPS) is 15.8. The molecule has 25 heavy (non-hydrogen) atoms. The number of phenolic OH excluding ortho intramolecular Hbond substituents is 1. The molecule has 1 aliphatic rings. The molecule has 2 aromatic rings. The maximum atomic E-state index is 12.3. The van der Waals surface area contributed by atoms with Crippen molar-refractivity contribution in [2.45, 2.75) is 45.7 Å². The molecule has 0 saturated heterocycles. The molecule has 1 amide bonds. The van der Waals surface area contributed by atoms with Gasteiger partial charge in [-0.3, -0.25) is 19.6 Å². The molecule has 0 aliphatic heterocycles. The van der Waals surface area contributed by atoms with Crippen molar-refractivity contribution in [3.63, 3.8) is 0 Å². The number of fused-ring (bicyclic) bond motifs is 1. The van der Waals surface area contributed by atoms with E-state index in [0.717, 1.165) is 24.0 Å². The first-order valence-electron chi connectivity index (χ1n) is 8.17. The Morgan fingerprint density at radius 2 is 2.24 bits per heavy atom. The molecule has 0 unspecified atom stereocenters. The van der Waals surface area contributed by atoms with E-state index < -0.39 is 4.92 Å². The summed E-state index contributed by atoms with van der Waals surface area (Å²) < 4.78 is 1.50. The fraction of sp³-hybridized carbons (Fsp3) is 0.412. The zero-order valence-corrected chi connectivity index (χ0v) is 14.2. The van der Waals surface area contributed by atoms with Crippen molar-refractivity contribution in [2.75, 3.05) is 0 Å². The molecule has 0 fully saturated rings. The van der Waals surface area contributed by atoms with Crippen LogP contribution in [-0.4, -0.2) is 25.7 Å². The Morgan fingerprint density at radius 3 is 2.92 bits per heavy atom. The molecule has 0 bridgehead atoms. The molecule has 0 radical (unpaired) electrons. The van der Waals surface area contributed by atoms with Crippen LogP contribution in [0.15, 0.2) is 18.2 Å². The number of carbonyl (C=O) groups is 1. The number of aromatic hydroxyl groups is 1. The quantitative estimate of drug-likeness (QED) is 0.639. The SMILES string of the molecule is Cc1nn(CCC(=O)N[C@@H]2CCc3c(O)cccc32)c(C)c1[N+](=O)[O-]. The third-order valence-corrected chi connectivity index (χ3v) is 4.66. The summed E-state index contributed by atoms with van der Waals surface area (Å²) in [4.78, 5) is 22.8. The average molecular weight is 344 g/mol. The standard InChI is InChI=1S/C17H20N4O4/c1-10-17(21(24)25)11(2)20(19-10)9-8-16(23)18-14-7-6-13-12(14)4-3-5-15(13)22/h3-5,14,22H,6-9H2,1-2H3,(H,18,23)/t14-/m1/s1. The zero-order valence-electron chi connectivity index (χ0n) is 14.2. The maximum absolute atomic E-state index is 12.3. The van der Waals surface area contributed by atoms with Gasteiger partial charge in [0.05, 0.1) is 17.5 Å². The van der Waals surface area contributed by atoms with Crippen LogP contribution < -0.4 is 5.32 Å². The van der Waals surface area contributed by atoms with Crippen molar-refractivity contribution in [1.29, 1.82) is 0 Å². The van der Waals surface area contributed by atoms with Crippen LogP contribution in [0.4, 0.5) is 5.69 Å². The van der Waals surface area contributed by atoms with Crippen molar-refractivity contribution >= 4 is 11.6 Å². The van der Waals surface area contributed by atoms with Gasteiger partial charge in [0.2, 0.25) is 5.91 Å². The monoisotopic (exact) mass is 344 g/mol. The Morgan fingerprint density at radius 1 is 1.48 bits per heavy atom. The molecule has 8 heteroatoms. The van der Waals surface area contributed by atoms with Gasteiger partial charge < -0.3 is 10.4 Å². The van der Waals surface area contributed by atoms with Gasteiger partial charge in [0.1, 0.15) is 17.1 Å². The number of hydrogen-bond donors (Lipinski definition) is 2. The molecule has 1 heterocycles. The highest BCUT2D eigenvalue weighted by Crippen LogP contribution is 2.36. The lowest BCUT2D eigenvalue weighted by molar-refractivity contribution is -0.386. The number of rotatable bonds is 5.